The number of ether oxygens (including phenoxy) is 5. The molecular weight excluding hydrogens is 694 g/mol. The van der Waals surface area contributed by atoms with Crippen LogP contribution in [0.5, 0.6) is 0 Å². The number of rotatable bonds is 11. The molecule has 0 bridgehead atoms. The minimum atomic E-state index is -1.58. The third-order valence-corrected chi connectivity index (χ3v) is 8.35. The molecule has 6 aromatic rings. The van der Waals surface area contributed by atoms with Gasteiger partial charge in [-0.15, -0.1) is 10.2 Å². The van der Waals surface area contributed by atoms with Crippen LogP contribution < -0.4 is 0 Å². The fraction of sp³-hybridized carbons (Fsp3) is 0.146. The van der Waals surface area contributed by atoms with Crippen molar-refractivity contribution in [3.63, 3.8) is 0 Å². The van der Waals surface area contributed by atoms with Crippen LogP contribution in [0.1, 0.15) is 53.4 Å². The van der Waals surface area contributed by atoms with E-state index in [1.165, 1.54) is 36.4 Å². The molecule has 5 atom stereocenters. The molecule has 2 aromatic heterocycles. The van der Waals surface area contributed by atoms with Gasteiger partial charge in [0, 0.05) is 6.20 Å². The first-order valence-corrected chi connectivity index (χ1v) is 16.8. The number of nitrogens with zero attached hydrogens (tertiary/aromatic N) is 3. The van der Waals surface area contributed by atoms with E-state index in [-0.39, 0.29) is 34.0 Å². The van der Waals surface area contributed by atoms with Gasteiger partial charge in [-0.1, -0.05) is 78.9 Å². The van der Waals surface area contributed by atoms with E-state index in [1.807, 2.05) is 0 Å². The molecule has 1 aliphatic rings. The Hall–Kier alpha value is -6.99. The van der Waals surface area contributed by atoms with Crippen LogP contribution in [0, 0.1) is 0 Å². The van der Waals surface area contributed by atoms with Crippen molar-refractivity contribution < 1.29 is 47.3 Å². The lowest BCUT2D eigenvalue weighted by Gasteiger charge is -2.43. The predicted octanol–water partition coefficient (Wildman–Crippen LogP) is 6.11. The number of aromatic nitrogens is 3. The third kappa shape index (κ3) is 8.22. The van der Waals surface area contributed by atoms with Crippen LogP contribution in [0.15, 0.2) is 150 Å². The van der Waals surface area contributed by atoms with Crippen molar-refractivity contribution in [2.24, 2.45) is 0 Å². The number of pyridine rings is 1. The highest BCUT2D eigenvalue weighted by Gasteiger charge is 2.55. The molecule has 270 valence electrons. The molecule has 0 radical (unpaired) electrons. The standard InChI is InChI=1S/C41H31N3O10/c45-38(26-15-5-1-6-16-26)49-25-31-32(51-39(46)27-17-7-2-8-18-27)33(52-40(47)28-19-9-3-10-20-28)34(53-41(48)29-21-11-4-12-22-29)35(50-31)37-44-43-36(54-37)30-23-13-14-24-42-30/h1-24,31-35H,25H2/t31-,32+,33+,34-,35-/m1/s1. The molecule has 0 aliphatic carbocycles. The van der Waals surface area contributed by atoms with Gasteiger partial charge in [0.15, 0.2) is 24.4 Å². The Balaban J connectivity index is 1.32. The monoisotopic (exact) mass is 725 g/mol. The number of esters is 4. The summed E-state index contributed by atoms with van der Waals surface area (Å²) < 4.78 is 36.5. The van der Waals surface area contributed by atoms with Gasteiger partial charge in [-0.2, -0.15) is 0 Å². The van der Waals surface area contributed by atoms with Gasteiger partial charge in [0.25, 0.3) is 5.89 Å². The molecule has 1 saturated heterocycles. The molecule has 0 unspecified atom stereocenters. The van der Waals surface area contributed by atoms with E-state index in [9.17, 15) is 19.2 Å². The Morgan fingerprint density at radius 2 is 0.981 bits per heavy atom. The summed E-state index contributed by atoms with van der Waals surface area (Å²) in [6.45, 7) is -0.503. The van der Waals surface area contributed by atoms with Crippen LogP contribution in [0.3, 0.4) is 0 Å². The van der Waals surface area contributed by atoms with Crippen molar-refractivity contribution in [3.05, 3.63) is 174 Å². The lowest BCUT2D eigenvalue weighted by molar-refractivity contribution is -0.236. The lowest BCUT2D eigenvalue weighted by atomic mass is 9.93. The number of benzene rings is 4. The van der Waals surface area contributed by atoms with Gasteiger partial charge in [0.1, 0.15) is 18.4 Å². The molecule has 54 heavy (non-hydrogen) atoms. The van der Waals surface area contributed by atoms with Gasteiger partial charge >= 0.3 is 23.9 Å². The summed E-state index contributed by atoms with van der Waals surface area (Å²) in [6, 6.07) is 37.6. The van der Waals surface area contributed by atoms with Crippen molar-refractivity contribution in [1.29, 1.82) is 0 Å². The van der Waals surface area contributed by atoms with Crippen LogP contribution in [-0.2, 0) is 23.7 Å². The summed E-state index contributed by atoms with van der Waals surface area (Å²) in [5.74, 6) is -3.33. The zero-order valence-electron chi connectivity index (χ0n) is 28.4. The molecule has 0 amide bonds. The van der Waals surface area contributed by atoms with E-state index in [4.69, 9.17) is 28.1 Å². The lowest BCUT2D eigenvalue weighted by Crippen LogP contribution is -2.60. The van der Waals surface area contributed by atoms with E-state index in [2.05, 4.69) is 15.2 Å². The molecule has 13 nitrogen and oxygen atoms in total. The number of carbonyl (C=O) groups is 4. The Kier molecular flexibility index (Phi) is 10.9. The molecule has 1 fully saturated rings. The van der Waals surface area contributed by atoms with Crippen molar-refractivity contribution in [2.75, 3.05) is 6.61 Å². The second-order valence-electron chi connectivity index (χ2n) is 11.9. The first-order valence-electron chi connectivity index (χ1n) is 16.8. The maximum absolute atomic E-state index is 13.8. The molecule has 13 heteroatoms. The van der Waals surface area contributed by atoms with Crippen LogP contribution in [0.25, 0.3) is 11.6 Å². The Bertz CT molecular complexity index is 2190. The first kappa shape index (κ1) is 35.4. The minimum absolute atomic E-state index is 0.0184. The molecular formula is C41H31N3O10. The Morgan fingerprint density at radius 1 is 0.519 bits per heavy atom. The average molecular weight is 726 g/mol. The van der Waals surface area contributed by atoms with E-state index in [0.717, 1.165) is 0 Å². The van der Waals surface area contributed by atoms with Gasteiger partial charge in [0.2, 0.25) is 5.89 Å². The fourth-order valence-electron chi connectivity index (χ4n) is 5.71. The molecule has 0 N–H and O–H groups in total. The van der Waals surface area contributed by atoms with E-state index in [0.29, 0.717) is 5.69 Å². The van der Waals surface area contributed by atoms with Gasteiger partial charge in [-0.05, 0) is 60.7 Å². The number of carbonyl (C=O) groups excluding carboxylic acids is 4. The highest BCUT2D eigenvalue weighted by atomic mass is 16.7. The van der Waals surface area contributed by atoms with E-state index in [1.54, 1.807) is 109 Å². The molecule has 1 aliphatic heterocycles. The summed E-state index contributed by atoms with van der Waals surface area (Å²) in [6.07, 6.45) is -5.89. The van der Waals surface area contributed by atoms with Gasteiger partial charge in [-0.3, -0.25) is 4.98 Å². The molecule has 0 saturated carbocycles. The quantitative estimate of drug-likeness (QED) is 0.111. The molecule has 0 spiro atoms. The maximum Gasteiger partial charge on any atom is 0.338 e. The molecule has 3 heterocycles. The van der Waals surface area contributed by atoms with E-state index < -0.39 is 61.0 Å². The van der Waals surface area contributed by atoms with Gasteiger partial charge < -0.3 is 28.1 Å². The minimum Gasteiger partial charge on any atom is -0.459 e. The Morgan fingerprint density at radius 3 is 1.48 bits per heavy atom. The van der Waals surface area contributed by atoms with Crippen LogP contribution in [-0.4, -0.2) is 70.1 Å². The second kappa shape index (κ2) is 16.6. The summed E-state index contributed by atoms with van der Waals surface area (Å²) >= 11 is 0. The summed E-state index contributed by atoms with van der Waals surface area (Å²) in [5, 5.41) is 8.33. The topological polar surface area (TPSA) is 166 Å². The maximum atomic E-state index is 13.8. The SMILES string of the molecule is O=C(OC[C@H]1O[C@@H](c2nnc(-c3ccccn3)o2)[C@H](OC(=O)c2ccccc2)[C@@H](OC(=O)c2ccccc2)[C@H]1OC(=O)c1ccccc1)c1ccccc1. The number of hydrogen-bond donors (Lipinski definition) is 0. The first-order chi connectivity index (χ1) is 26.4. The Labute approximate surface area is 308 Å². The van der Waals surface area contributed by atoms with Crippen molar-refractivity contribution >= 4 is 23.9 Å². The fourth-order valence-corrected chi connectivity index (χ4v) is 5.71. The normalized spacial score (nSPS) is 19.2. The summed E-state index contributed by atoms with van der Waals surface area (Å²) in [4.78, 5) is 58.7. The largest absolute Gasteiger partial charge is 0.459 e. The summed E-state index contributed by atoms with van der Waals surface area (Å²) in [7, 11) is 0. The third-order valence-electron chi connectivity index (χ3n) is 8.35. The van der Waals surface area contributed by atoms with Gasteiger partial charge in [0.05, 0.1) is 22.3 Å². The smallest absolute Gasteiger partial charge is 0.338 e. The van der Waals surface area contributed by atoms with Gasteiger partial charge in [-0.25, -0.2) is 19.2 Å². The molecule has 7 rings (SSSR count). The number of hydrogen-bond acceptors (Lipinski definition) is 13. The predicted molar refractivity (Wildman–Crippen MR) is 189 cm³/mol. The highest BCUT2D eigenvalue weighted by molar-refractivity contribution is 5.91. The average Bonchev–Trinajstić information content (AvgIpc) is 3.73. The van der Waals surface area contributed by atoms with Crippen molar-refractivity contribution in [2.45, 2.75) is 30.5 Å². The zero-order valence-corrected chi connectivity index (χ0v) is 28.4. The second-order valence-corrected chi connectivity index (χ2v) is 11.9. The van der Waals surface area contributed by atoms with Crippen molar-refractivity contribution in [1.82, 2.24) is 15.2 Å². The van der Waals surface area contributed by atoms with Crippen LogP contribution >= 0.6 is 0 Å². The van der Waals surface area contributed by atoms with Crippen LogP contribution in [0.4, 0.5) is 0 Å². The van der Waals surface area contributed by atoms with Crippen LogP contribution in [0.2, 0.25) is 0 Å². The highest BCUT2D eigenvalue weighted by Crippen LogP contribution is 2.39. The van der Waals surface area contributed by atoms with E-state index >= 15 is 0 Å². The summed E-state index contributed by atoms with van der Waals surface area (Å²) in [5.41, 5.74) is 1.09. The van der Waals surface area contributed by atoms with Crippen molar-refractivity contribution in [3.8, 4) is 11.6 Å². The zero-order chi connectivity index (χ0) is 37.3. The molecule has 4 aromatic carbocycles.